The van der Waals surface area contributed by atoms with Gasteiger partial charge in [-0.25, -0.2) is 0 Å². The van der Waals surface area contributed by atoms with Gasteiger partial charge in [0.2, 0.25) is 0 Å². The van der Waals surface area contributed by atoms with E-state index in [4.69, 9.17) is 11.6 Å². The third-order valence-corrected chi connectivity index (χ3v) is 3.24. The first kappa shape index (κ1) is 11.1. The Labute approximate surface area is 109 Å². The molecule has 3 heteroatoms. The predicted molar refractivity (Wildman–Crippen MR) is 74.6 cm³/mol. The Morgan fingerprint density at radius 1 is 0.889 bits per heavy atom. The zero-order valence-electron chi connectivity index (χ0n) is 9.51. The Bertz CT molecular complexity index is 777. The van der Waals surface area contributed by atoms with Gasteiger partial charge >= 0.3 is 0 Å². The van der Waals surface area contributed by atoms with Gasteiger partial charge in [-0.1, -0.05) is 41.9 Å². The van der Waals surface area contributed by atoms with Gasteiger partial charge in [-0.2, -0.15) is 0 Å². The lowest BCUT2D eigenvalue weighted by atomic mass is 10.2. The maximum Gasteiger partial charge on any atom is 0.262 e. The van der Waals surface area contributed by atoms with Crippen LogP contribution in [0.2, 0.25) is 5.02 Å². The largest absolute Gasteiger partial charge is 0.282 e. The quantitative estimate of drug-likeness (QED) is 0.651. The summed E-state index contributed by atoms with van der Waals surface area (Å²) in [5.41, 5.74) is 0.649. The Kier molecular flexibility index (Phi) is 2.65. The highest BCUT2D eigenvalue weighted by Gasteiger charge is 2.06. The molecule has 0 radical (unpaired) electrons. The number of para-hydroxylation sites is 1. The fourth-order valence-electron chi connectivity index (χ4n) is 2.03. The van der Waals surface area contributed by atoms with E-state index < -0.39 is 0 Å². The second-order valence-electron chi connectivity index (χ2n) is 4.03. The average Bonchev–Trinajstić information content (AvgIpc) is 2.41. The van der Waals surface area contributed by atoms with Crippen molar-refractivity contribution in [1.82, 2.24) is 4.57 Å². The molecule has 88 valence electrons. The van der Waals surface area contributed by atoms with Gasteiger partial charge in [-0.3, -0.25) is 9.36 Å². The summed E-state index contributed by atoms with van der Waals surface area (Å²) in [5, 5.41) is 2.20. The molecular weight excluding hydrogens is 246 g/mol. The van der Waals surface area contributed by atoms with Crippen molar-refractivity contribution in [1.29, 1.82) is 0 Å². The van der Waals surface area contributed by atoms with E-state index in [1.54, 1.807) is 16.8 Å². The molecule has 2 aromatic carbocycles. The number of aromatic nitrogens is 1. The molecule has 0 saturated carbocycles. The van der Waals surface area contributed by atoms with Crippen LogP contribution in [0.4, 0.5) is 0 Å². The van der Waals surface area contributed by atoms with Crippen molar-refractivity contribution >= 4 is 22.4 Å². The van der Waals surface area contributed by atoms with Crippen molar-refractivity contribution in [3.05, 3.63) is 76.2 Å². The standard InChI is InChI=1S/C15H10ClNO/c16-13-7-3-4-8-14(13)17-10-9-11-5-1-2-6-12(11)15(17)18/h1-10H. The summed E-state index contributed by atoms with van der Waals surface area (Å²) in [6, 6.07) is 16.8. The zero-order valence-corrected chi connectivity index (χ0v) is 10.3. The van der Waals surface area contributed by atoms with Crippen molar-refractivity contribution in [2.24, 2.45) is 0 Å². The van der Waals surface area contributed by atoms with Gasteiger partial charge in [0.15, 0.2) is 0 Å². The molecule has 1 heterocycles. The normalized spacial score (nSPS) is 10.7. The SMILES string of the molecule is O=c1c2ccccc2ccn1-c1ccccc1Cl. The molecule has 2 nitrogen and oxygen atoms in total. The van der Waals surface area contributed by atoms with E-state index in [2.05, 4.69) is 0 Å². The van der Waals surface area contributed by atoms with Gasteiger partial charge in [0, 0.05) is 11.6 Å². The Balaban J connectivity index is 2.35. The van der Waals surface area contributed by atoms with Crippen LogP contribution in [0.25, 0.3) is 16.5 Å². The predicted octanol–water partition coefficient (Wildman–Crippen LogP) is 3.64. The second kappa shape index (κ2) is 4.31. The Morgan fingerprint density at radius 2 is 1.61 bits per heavy atom. The molecule has 0 saturated heterocycles. The van der Waals surface area contributed by atoms with Crippen molar-refractivity contribution in [3.63, 3.8) is 0 Å². The number of halogens is 1. The van der Waals surface area contributed by atoms with Crippen LogP contribution >= 0.6 is 11.6 Å². The number of nitrogens with zero attached hydrogens (tertiary/aromatic N) is 1. The molecule has 0 bridgehead atoms. The van der Waals surface area contributed by atoms with Crippen LogP contribution in [0.15, 0.2) is 65.6 Å². The van der Waals surface area contributed by atoms with Crippen LogP contribution < -0.4 is 5.56 Å². The Hall–Kier alpha value is -2.06. The van der Waals surface area contributed by atoms with Crippen LogP contribution in [-0.2, 0) is 0 Å². The molecule has 0 amide bonds. The smallest absolute Gasteiger partial charge is 0.262 e. The summed E-state index contributed by atoms with van der Waals surface area (Å²) in [4.78, 5) is 12.4. The van der Waals surface area contributed by atoms with Crippen molar-refractivity contribution in [2.45, 2.75) is 0 Å². The molecular formula is C15H10ClNO. The van der Waals surface area contributed by atoms with Crippen molar-refractivity contribution in [3.8, 4) is 5.69 Å². The van der Waals surface area contributed by atoms with E-state index >= 15 is 0 Å². The topological polar surface area (TPSA) is 22.0 Å². The van der Waals surface area contributed by atoms with Crippen LogP contribution in [0.1, 0.15) is 0 Å². The third-order valence-electron chi connectivity index (χ3n) is 2.93. The van der Waals surface area contributed by atoms with Gasteiger partial charge in [-0.05, 0) is 29.7 Å². The highest BCUT2D eigenvalue weighted by molar-refractivity contribution is 6.32. The zero-order chi connectivity index (χ0) is 12.5. The van der Waals surface area contributed by atoms with Gasteiger partial charge in [-0.15, -0.1) is 0 Å². The van der Waals surface area contributed by atoms with E-state index in [1.165, 1.54) is 0 Å². The molecule has 0 atom stereocenters. The molecule has 3 rings (SSSR count). The molecule has 3 aromatic rings. The van der Waals surface area contributed by atoms with Gasteiger partial charge in [0.25, 0.3) is 5.56 Å². The highest BCUT2D eigenvalue weighted by atomic mass is 35.5. The molecule has 0 N–H and O–H groups in total. The molecule has 1 aromatic heterocycles. The average molecular weight is 256 g/mol. The first-order valence-electron chi connectivity index (χ1n) is 5.63. The minimum Gasteiger partial charge on any atom is -0.282 e. The van der Waals surface area contributed by atoms with E-state index in [0.717, 1.165) is 5.39 Å². The minimum absolute atomic E-state index is 0.0544. The fourth-order valence-corrected chi connectivity index (χ4v) is 2.25. The number of rotatable bonds is 1. The number of hydrogen-bond acceptors (Lipinski definition) is 1. The molecule has 0 aliphatic rings. The first-order valence-corrected chi connectivity index (χ1v) is 6.00. The summed E-state index contributed by atoms with van der Waals surface area (Å²) in [6.07, 6.45) is 1.76. The number of pyridine rings is 1. The molecule has 0 unspecified atom stereocenters. The van der Waals surface area contributed by atoms with E-state index in [9.17, 15) is 4.79 Å². The van der Waals surface area contributed by atoms with Crippen LogP contribution in [-0.4, -0.2) is 4.57 Å². The highest BCUT2D eigenvalue weighted by Crippen LogP contribution is 2.19. The van der Waals surface area contributed by atoms with E-state index in [1.807, 2.05) is 48.5 Å². The maximum atomic E-state index is 12.4. The number of fused-ring (bicyclic) bond motifs is 1. The van der Waals surface area contributed by atoms with Crippen LogP contribution in [0.3, 0.4) is 0 Å². The summed E-state index contributed by atoms with van der Waals surface area (Å²) < 4.78 is 1.57. The molecule has 0 spiro atoms. The van der Waals surface area contributed by atoms with Gasteiger partial charge < -0.3 is 0 Å². The lowest BCUT2D eigenvalue weighted by Crippen LogP contribution is -2.17. The molecule has 0 aliphatic carbocycles. The van der Waals surface area contributed by atoms with E-state index in [0.29, 0.717) is 16.1 Å². The summed E-state index contributed by atoms with van der Waals surface area (Å²) in [5.74, 6) is 0. The van der Waals surface area contributed by atoms with Crippen molar-refractivity contribution < 1.29 is 0 Å². The lowest BCUT2D eigenvalue weighted by molar-refractivity contribution is 1.01. The summed E-state index contributed by atoms with van der Waals surface area (Å²) >= 11 is 6.12. The second-order valence-corrected chi connectivity index (χ2v) is 4.44. The van der Waals surface area contributed by atoms with E-state index in [-0.39, 0.29) is 5.56 Å². The van der Waals surface area contributed by atoms with Crippen LogP contribution in [0.5, 0.6) is 0 Å². The Morgan fingerprint density at radius 3 is 2.44 bits per heavy atom. The molecule has 18 heavy (non-hydrogen) atoms. The monoisotopic (exact) mass is 255 g/mol. The molecule has 0 fully saturated rings. The fraction of sp³-hybridized carbons (Fsp3) is 0. The lowest BCUT2D eigenvalue weighted by Gasteiger charge is -2.08. The summed E-state index contributed by atoms with van der Waals surface area (Å²) in [6.45, 7) is 0. The molecule has 0 aliphatic heterocycles. The minimum atomic E-state index is -0.0544. The van der Waals surface area contributed by atoms with Gasteiger partial charge in [0.05, 0.1) is 10.7 Å². The number of hydrogen-bond donors (Lipinski definition) is 0. The maximum absolute atomic E-state index is 12.4. The van der Waals surface area contributed by atoms with Crippen LogP contribution in [0, 0.1) is 0 Å². The number of benzene rings is 2. The van der Waals surface area contributed by atoms with Crippen molar-refractivity contribution in [2.75, 3.05) is 0 Å². The van der Waals surface area contributed by atoms with Gasteiger partial charge in [0.1, 0.15) is 0 Å². The summed E-state index contributed by atoms with van der Waals surface area (Å²) in [7, 11) is 0. The third kappa shape index (κ3) is 1.71. The first-order chi connectivity index (χ1) is 8.77.